The molecule has 0 aromatic rings. The van der Waals surface area contributed by atoms with E-state index in [1.807, 2.05) is 0 Å². The first-order valence-electron chi connectivity index (χ1n) is 6.08. The monoisotopic (exact) mass is 194 g/mol. The Kier molecular flexibility index (Phi) is 3.09. The average molecular weight is 194 g/mol. The number of likely N-dealkylation sites (tertiary alicyclic amines) is 1. The smallest absolute Gasteiger partial charge is 0.0958 e. The highest BCUT2D eigenvalue weighted by molar-refractivity contribution is 5.80. The number of hydrogen-bond acceptors (Lipinski definition) is 1. The molecule has 1 saturated carbocycles. The molecule has 1 N–H and O–H groups in total. The van der Waals surface area contributed by atoms with Gasteiger partial charge in [-0.25, -0.2) is 0 Å². The molecular formula is C12H22N2. The van der Waals surface area contributed by atoms with Crippen LogP contribution in [-0.2, 0) is 0 Å². The molecule has 0 aromatic carbocycles. The average Bonchev–Trinajstić information content (AvgIpc) is 2.56. The summed E-state index contributed by atoms with van der Waals surface area (Å²) in [5.74, 6) is 2.72. The zero-order valence-corrected chi connectivity index (χ0v) is 9.26. The summed E-state index contributed by atoms with van der Waals surface area (Å²) in [6.07, 6.45) is 7.83. The second-order valence-electron chi connectivity index (χ2n) is 5.12. The lowest BCUT2D eigenvalue weighted by molar-refractivity contribution is 0.244. The van der Waals surface area contributed by atoms with Crippen LogP contribution in [0.2, 0.25) is 0 Å². The van der Waals surface area contributed by atoms with Gasteiger partial charge < -0.3 is 4.90 Å². The van der Waals surface area contributed by atoms with Crippen molar-refractivity contribution >= 4 is 5.84 Å². The summed E-state index contributed by atoms with van der Waals surface area (Å²) in [7, 11) is 0. The maximum Gasteiger partial charge on any atom is 0.0958 e. The molecule has 2 nitrogen and oxygen atoms in total. The van der Waals surface area contributed by atoms with Gasteiger partial charge in [-0.15, -0.1) is 0 Å². The van der Waals surface area contributed by atoms with Crippen molar-refractivity contribution in [2.24, 2.45) is 11.8 Å². The van der Waals surface area contributed by atoms with Gasteiger partial charge in [0.15, 0.2) is 0 Å². The molecule has 0 spiro atoms. The van der Waals surface area contributed by atoms with Gasteiger partial charge in [-0.05, 0) is 31.1 Å². The molecule has 14 heavy (non-hydrogen) atoms. The SMILES string of the molecule is CC1CCC(CN2CCCC2=N)CC1. The summed E-state index contributed by atoms with van der Waals surface area (Å²) in [5.41, 5.74) is 0. The second-order valence-corrected chi connectivity index (χ2v) is 5.12. The van der Waals surface area contributed by atoms with Crippen molar-refractivity contribution in [3.05, 3.63) is 0 Å². The number of hydrogen-bond donors (Lipinski definition) is 1. The summed E-state index contributed by atoms with van der Waals surface area (Å²) in [6, 6.07) is 0. The minimum atomic E-state index is 0.879. The van der Waals surface area contributed by atoms with Gasteiger partial charge in [-0.2, -0.15) is 0 Å². The second kappa shape index (κ2) is 4.33. The van der Waals surface area contributed by atoms with Gasteiger partial charge in [0, 0.05) is 19.5 Å². The molecule has 2 heteroatoms. The van der Waals surface area contributed by atoms with Crippen molar-refractivity contribution in [3.63, 3.8) is 0 Å². The molecule has 1 saturated heterocycles. The Morgan fingerprint density at radius 3 is 2.57 bits per heavy atom. The van der Waals surface area contributed by atoms with Crippen LogP contribution in [0.4, 0.5) is 0 Å². The third-order valence-corrected chi connectivity index (χ3v) is 3.84. The van der Waals surface area contributed by atoms with Crippen LogP contribution >= 0.6 is 0 Å². The zero-order valence-electron chi connectivity index (χ0n) is 9.26. The molecule has 80 valence electrons. The summed E-state index contributed by atoms with van der Waals surface area (Å²) in [6.45, 7) is 4.69. The van der Waals surface area contributed by atoms with Crippen LogP contribution in [0, 0.1) is 17.2 Å². The van der Waals surface area contributed by atoms with Crippen molar-refractivity contribution in [2.45, 2.75) is 45.4 Å². The first-order chi connectivity index (χ1) is 6.75. The molecule has 0 radical (unpaired) electrons. The Hall–Kier alpha value is -0.530. The molecule has 0 bridgehead atoms. The summed E-state index contributed by atoms with van der Waals surface area (Å²) >= 11 is 0. The van der Waals surface area contributed by atoms with Crippen molar-refractivity contribution in [1.82, 2.24) is 4.90 Å². The van der Waals surface area contributed by atoms with E-state index in [0.717, 1.165) is 30.6 Å². The molecule has 2 rings (SSSR count). The van der Waals surface area contributed by atoms with Crippen LogP contribution in [-0.4, -0.2) is 23.8 Å². The number of nitrogens with zero attached hydrogens (tertiary/aromatic N) is 1. The van der Waals surface area contributed by atoms with Crippen molar-refractivity contribution in [2.75, 3.05) is 13.1 Å². The van der Waals surface area contributed by atoms with Crippen LogP contribution < -0.4 is 0 Å². The van der Waals surface area contributed by atoms with E-state index in [1.165, 1.54) is 38.6 Å². The van der Waals surface area contributed by atoms with Gasteiger partial charge >= 0.3 is 0 Å². The normalized spacial score (nSPS) is 33.8. The largest absolute Gasteiger partial charge is 0.360 e. The highest BCUT2D eigenvalue weighted by atomic mass is 15.2. The van der Waals surface area contributed by atoms with E-state index in [2.05, 4.69) is 11.8 Å². The molecule has 1 aliphatic heterocycles. The molecule has 0 amide bonds. The molecule has 0 atom stereocenters. The maximum atomic E-state index is 7.79. The number of nitrogens with one attached hydrogen (secondary N) is 1. The Morgan fingerprint density at radius 1 is 1.29 bits per heavy atom. The maximum absolute atomic E-state index is 7.79. The summed E-state index contributed by atoms with van der Waals surface area (Å²) < 4.78 is 0. The minimum absolute atomic E-state index is 0.879. The van der Waals surface area contributed by atoms with Crippen molar-refractivity contribution < 1.29 is 0 Å². The standard InChI is InChI=1S/C12H22N2/c1-10-4-6-11(7-5-10)9-14-8-2-3-12(14)13/h10-11,13H,2-9H2,1H3. The van der Waals surface area contributed by atoms with Crippen LogP contribution in [0.3, 0.4) is 0 Å². The molecular weight excluding hydrogens is 172 g/mol. The number of amidine groups is 1. The molecule has 1 heterocycles. The van der Waals surface area contributed by atoms with Gasteiger partial charge in [-0.3, -0.25) is 5.41 Å². The first-order valence-corrected chi connectivity index (χ1v) is 6.08. The Balaban J connectivity index is 1.77. The lowest BCUT2D eigenvalue weighted by atomic mass is 9.83. The molecule has 2 aliphatic rings. The van der Waals surface area contributed by atoms with E-state index in [0.29, 0.717) is 0 Å². The Morgan fingerprint density at radius 2 is 2.00 bits per heavy atom. The topological polar surface area (TPSA) is 27.1 Å². The fourth-order valence-corrected chi connectivity index (χ4v) is 2.76. The van der Waals surface area contributed by atoms with E-state index in [4.69, 9.17) is 5.41 Å². The predicted octanol–water partition coefficient (Wildman–Crippen LogP) is 2.89. The van der Waals surface area contributed by atoms with Crippen LogP contribution in [0.15, 0.2) is 0 Å². The molecule has 0 aromatic heterocycles. The van der Waals surface area contributed by atoms with E-state index < -0.39 is 0 Å². The fourth-order valence-electron chi connectivity index (χ4n) is 2.76. The van der Waals surface area contributed by atoms with Crippen LogP contribution in [0.25, 0.3) is 0 Å². The predicted molar refractivity (Wildman–Crippen MR) is 59.7 cm³/mol. The third-order valence-electron chi connectivity index (χ3n) is 3.84. The zero-order chi connectivity index (χ0) is 9.97. The van der Waals surface area contributed by atoms with Gasteiger partial charge in [0.1, 0.15) is 0 Å². The molecule has 1 aliphatic carbocycles. The fraction of sp³-hybridized carbons (Fsp3) is 0.917. The third kappa shape index (κ3) is 2.28. The lowest BCUT2D eigenvalue weighted by Gasteiger charge is -2.30. The van der Waals surface area contributed by atoms with Gasteiger partial charge in [0.05, 0.1) is 5.84 Å². The van der Waals surface area contributed by atoms with Gasteiger partial charge in [-0.1, -0.05) is 19.8 Å². The van der Waals surface area contributed by atoms with Crippen molar-refractivity contribution in [3.8, 4) is 0 Å². The quantitative estimate of drug-likeness (QED) is 0.719. The van der Waals surface area contributed by atoms with E-state index in [9.17, 15) is 0 Å². The summed E-state index contributed by atoms with van der Waals surface area (Å²) in [5, 5.41) is 7.79. The Labute approximate surface area is 87.2 Å². The van der Waals surface area contributed by atoms with E-state index in [-0.39, 0.29) is 0 Å². The highest BCUT2D eigenvalue weighted by Crippen LogP contribution is 2.29. The lowest BCUT2D eigenvalue weighted by Crippen LogP contribution is -2.31. The molecule has 0 unspecified atom stereocenters. The van der Waals surface area contributed by atoms with Crippen molar-refractivity contribution in [1.29, 1.82) is 5.41 Å². The van der Waals surface area contributed by atoms with E-state index in [1.54, 1.807) is 0 Å². The highest BCUT2D eigenvalue weighted by Gasteiger charge is 2.23. The summed E-state index contributed by atoms with van der Waals surface area (Å²) in [4.78, 5) is 2.31. The first kappa shape index (κ1) is 10.0. The minimum Gasteiger partial charge on any atom is -0.360 e. The molecule has 2 fully saturated rings. The van der Waals surface area contributed by atoms with E-state index >= 15 is 0 Å². The number of rotatable bonds is 2. The van der Waals surface area contributed by atoms with Gasteiger partial charge in [0.2, 0.25) is 0 Å². The van der Waals surface area contributed by atoms with Crippen LogP contribution in [0.1, 0.15) is 45.4 Å². The Bertz CT molecular complexity index is 204. The van der Waals surface area contributed by atoms with Crippen LogP contribution in [0.5, 0.6) is 0 Å². The van der Waals surface area contributed by atoms with Gasteiger partial charge in [0.25, 0.3) is 0 Å².